The van der Waals surface area contributed by atoms with Crippen LogP contribution in [-0.4, -0.2) is 63.4 Å². The molecular weight excluding hydrogens is 278 g/mol. The minimum absolute atomic E-state index is 0.250. The van der Waals surface area contributed by atoms with Gasteiger partial charge in [-0.1, -0.05) is 0 Å². The van der Waals surface area contributed by atoms with Gasteiger partial charge in [0.25, 0.3) is 5.91 Å². The summed E-state index contributed by atoms with van der Waals surface area (Å²) >= 11 is 0. The number of aliphatic carboxylic acids is 1. The first kappa shape index (κ1) is 15.3. The average molecular weight is 297 g/mol. The fourth-order valence-electron chi connectivity index (χ4n) is 2.66. The van der Waals surface area contributed by atoms with Gasteiger partial charge in [-0.2, -0.15) is 0 Å². The highest BCUT2D eigenvalue weighted by atomic mass is 16.4. The number of nitrogens with one attached hydrogen (secondary N) is 1. The molecule has 0 aromatic carbocycles. The van der Waals surface area contributed by atoms with Crippen LogP contribution in [-0.2, 0) is 14.4 Å². The first-order valence-corrected chi connectivity index (χ1v) is 6.90. The van der Waals surface area contributed by atoms with E-state index in [0.29, 0.717) is 19.4 Å². The third-order valence-electron chi connectivity index (χ3n) is 4.05. The van der Waals surface area contributed by atoms with E-state index in [4.69, 9.17) is 0 Å². The van der Waals surface area contributed by atoms with E-state index >= 15 is 0 Å². The molecule has 8 nitrogen and oxygen atoms in total. The Balaban J connectivity index is 2.26. The van der Waals surface area contributed by atoms with Gasteiger partial charge in [0.1, 0.15) is 18.1 Å². The Labute approximate surface area is 122 Å². The van der Waals surface area contributed by atoms with Crippen LogP contribution < -0.4 is 5.32 Å². The number of carboxylic acid groups (broad SMARTS) is 1. The van der Waals surface area contributed by atoms with Crippen LogP contribution in [0.25, 0.3) is 0 Å². The molecule has 0 aliphatic carbocycles. The maximum Gasteiger partial charge on any atom is 0.326 e. The summed E-state index contributed by atoms with van der Waals surface area (Å²) < 4.78 is 0. The molecule has 2 heterocycles. The van der Waals surface area contributed by atoms with Gasteiger partial charge >= 0.3 is 12.0 Å². The van der Waals surface area contributed by atoms with Gasteiger partial charge in [-0.15, -0.1) is 0 Å². The highest BCUT2D eigenvalue weighted by Gasteiger charge is 2.46. The Hall–Kier alpha value is -2.12. The number of likely N-dealkylation sites (tertiary alicyclic amines) is 1. The normalized spacial score (nSPS) is 25.5. The Morgan fingerprint density at radius 2 is 1.95 bits per heavy atom. The zero-order valence-electron chi connectivity index (χ0n) is 12.1. The SMILES string of the molecule is CC1(C)C(=O)NC(=O)CN1C(=O)N1CCCCC1C(=O)O. The lowest BCUT2D eigenvalue weighted by molar-refractivity contribution is -0.145. The molecule has 116 valence electrons. The zero-order chi connectivity index (χ0) is 15.8. The number of carbonyl (C=O) groups is 4. The Morgan fingerprint density at radius 1 is 1.29 bits per heavy atom. The van der Waals surface area contributed by atoms with Crippen molar-refractivity contribution in [1.82, 2.24) is 15.1 Å². The topological polar surface area (TPSA) is 107 Å². The lowest BCUT2D eigenvalue weighted by Gasteiger charge is -2.44. The largest absolute Gasteiger partial charge is 0.480 e. The van der Waals surface area contributed by atoms with Crippen LogP contribution in [0.5, 0.6) is 0 Å². The Morgan fingerprint density at radius 3 is 2.57 bits per heavy atom. The smallest absolute Gasteiger partial charge is 0.326 e. The number of urea groups is 1. The van der Waals surface area contributed by atoms with Crippen LogP contribution in [0.2, 0.25) is 0 Å². The van der Waals surface area contributed by atoms with Gasteiger partial charge in [0.2, 0.25) is 5.91 Å². The van der Waals surface area contributed by atoms with E-state index in [0.717, 1.165) is 11.3 Å². The molecule has 0 aromatic rings. The Bertz CT molecular complexity index is 502. The minimum Gasteiger partial charge on any atom is -0.480 e. The summed E-state index contributed by atoms with van der Waals surface area (Å²) in [6.07, 6.45) is 1.84. The van der Waals surface area contributed by atoms with Gasteiger partial charge < -0.3 is 14.9 Å². The minimum atomic E-state index is -1.19. The molecule has 0 spiro atoms. The van der Waals surface area contributed by atoms with Crippen molar-refractivity contribution >= 4 is 23.8 Å². The molecule has 0 radical (unpaired) electrons. The predicted octanol–water partition coefficient (Wildman–Crippen LogP) is -0.217. The van der Waals surface area contributed by atoms with Crippen molar-refractivity contribution in [3.05, 3.63) is 0 Å². The number of carbonyl (C=O) groups excluding carboxylic acids is 3. The van der Waals surface area contributed by atoms with E-state index in [-0.39, 0.29) is 6.54 Å². The van der Waals surface area contributed by atoms with E-state index in [1.807, 2.05) is 0 Å². The molecule has 2 fully saturated rings. The van der Waals surface area contributed by atoms with Gasteiger partial charge in [-0.25, -0.2) is 9.59 Å². The van der Waals surface area contributed by atoms with Crippen LogP contribution in [0.4, 0.5) is 4.79 Å². The number of piperazine rings is 1. The first-order chi connectivity index (χ1) is 9.75. The predicted molar refractivity (Wildman–Crippen MR) is 71.3 cm³/mol. The van der Waals surface area contributed by atoms with E-state index < -0.39 is 35.4 Å². The van der Waals surface area contributed by atoms with Gasteiger partial charge in [0.05, 0.1) is 0 Å². The summed E-state index contributed by atoms with van der Waals surface area (Å²) in [4.78, 5) is 49.7. The Kier molecular flexibility index (Phi) is 3.89. The highest BCUT2D eigenvalue weighted by Crippen LogP contribution is 2.24. The average Bonchev–Trinajstić information content (AvgIpc) is 2.42. The maximum absolute atomic E-state index is 12.6. The van der Waals surface area contributed by atoms with Crippen molar-refractivity contribution in [3.63, 3.8) is 0 Å². The van der Waals surface area contributed by atoms with Gasteiger partial charge in [-0.3, -0.25) is 14.9 Å². The molecule has 2 rings (SSSR count). The molecule has 8 heteroatoms. The van der Waals surface area contributed by atoms with Gasteiger partial charge in [0.15, 0.2) is 0 Å². The number of amides is 4. The summed E-state index contributed by atoms with van der Waals surface area (Å²) in [5.41, 5.74) is -1.19. The molecular formula is C13H19N3O5. The fraction of sp³-hybridized carbons (Fsp3) is 0.692. The number of carboxylic acids is 1. The molecule has 0 aromatic heterocycles. The molecule has 2 aliphatic rings. The number of piperidine rings is 1. The van der Waals surface area contributed by atoms with Crippen molar-refractivity contribution in [1.29, 1.82) is 0 Å². The molecule has 2 N–H and O–H groups in total. The molecule has 1 atom stereocenters. The molecule has 1 unspecified atom stereocenters. The summed E-state index contributed by atoms with van der Waals surface area (Å²) in [7, 11) is 0. The number of nitrogens with zero attached hydrogens (tertiary/aromatic N) is 2. The quantitative estimate of drug-likeness (QED) is 0.651. The summed E-state index contributed by atoms with van der Waals surface area (Å²) in [6, 6.07) is -1.47. The molecule has 2 saturated heterocycles. The first-order valence-electron chi connectivity index (χ1n) is 6.90. The van der Waals surface area contributed by atoms with E-state index in [2.05, 4.69) is 5.32 Å². The molecule has 2 aliphatic heterocycles. The van der Waals surface area contributed by atoms with Crippen LogP contribution in [0.15, 0.2) is 0 Å². The number of rotatable bonds is 1. The summed E-state index contributed by atoms with van der Waals surface area (Å²) in [5.74, 6) is -2.18. The summed E-state index contributed by atoms with van der Waals surface area (Å²) in [5, 5.41) is 11.4. The molecule has 0 bridgehead atoms. The van der Waals surface area contributed by atoms with Gasteiger partial charge in [-0.05, 0) is 33.1 Å². The highest BCUT2D eigenvalue weighted by molar-refractivity contribution is 6.06. The second-order valence-electron chi connectivity index (χ2n) is 5.85. The second-order valence-corrected chi connectivity index (χ2v) is 5.85. The monoisotopic (exact) mass is 297 g/mol. The van der Waals surface area contributed by atoms with E-state index in [1.165, 1.54) is 18.7 Å². The lowest BCUT2D eigenvalue weighted by atomic mass is 9.98. The van der Waals surface area contributed by atoms with Crippen LogP contribution in [0, 0.1) is 0 Å². The molecule has 4 amide bonds. The van der Waals surface area contributed by atoms with E-state index in [1.54, 1.807) is 0 Å². The number of imide groups is 1. The van der Waals surface area contributed by atoms with Crippen LogP contribution >= 0.6 is 0 Å². The standard InChI is InChI=1S/C13H19N3O5/c1-13(2)11(20)14-9(17)7-16(13)12(21)15-6-4-3-5-8(15)10(18)19/h8H,3-7H2,1-2H3,(H,18,19)(H,14,17,20). The van der Waals surface area contributed by atoms with E-state index in [9.17, 15) is 24.3 Å². The van der Waals surface area contributed by atoms with Crippen molar-refractivity contribution in [2.24, 2.45) is 0 Å². The van der Waals surface area contributed by atoms with Crippen molar-refractivity contribution in [2.45, 2.75) is 44.7 Å². The summed E-state index contributed by atoms with van der Waals surface area (Å²) in [6.45, 7) is 3.14. The maximum atomic E-state index is 12.6. The molecule has 0 saturated carbocycles. The lowest BCUT2D eigenvalue weighted by Crippen LogP contribution is -2.68. The van der Waals surface area contributed by atoms with Crippen molar-refractivity contribution in [3.8, 4) is 0 Å². The second kappa shape index (κ2) is 5.34. The molecule has 21 heavy (non-hydrogen) atoms. The zero-order valence-corrected chi connectivity index (χ0v) is 12.1. The third-order valence-corrected chi connectivity index (χ3v) is 4.05. The number of hydrogen-bond donors (Lipinski definition) is 2. The van der Waals surface area contributed by atoms with Crippen molar-refractivity contribution in [2.75, 3.05) is 13.1 Å². The van der Waals surface area contributed by atoms with Crippen LogP contribution in [0.1, 0.15) is 33.1 Å². The fourth-order valence-corrected chi connectivity index (χ4v) is 2.66. The number of hydrogen-bond acceptors (Lipinski definition) is 4. The van der Waals surface area contributed by atoms with Gasteiger partial charge in [0, 0.05) is 6.54 Å². The van der Waals surface area contributed by atoms with Crippen LogP contribution in [0.3, 0.4) is 0 Å². The van der Waals surface area contributed by atoms with Crippen molar-refractivity contribution < 1.29 is 24.3 Å². The third kappa shape index (κ3) is 2.70.